The van der Waals surface area contributed by atoms with Crippen LogP contribution in [0.25, 0.3) is 0 Å². The molecule has 1 amide bonds. The third kappa shape index (κ3) is 2.46. The number of carbonyl (C=O) groups is 2. The number of ether oxygens (including phenoxy) is 1. The molecule has 2 aliphatic carbocycles. The number of anilines is 1. The number of benzene rings is 1. The molecule has 1 aromatic rings. The second-order valence-corrected chi connectivity index (χ2v) is 6.08. The summed E-state index contributed by atoms with van der Waals surface area (Å²) in [5.74, 6) is -1.89. The first-order chi connectivity index (χ1) is 10.5. The van der Waals surface area contributed by atoms with E-state index in [4.69, 9.17) is 16.3 Å². The molecule has 116 valence electrons. The summed E-state index contributed by atoms with van der Waals surface area (Å²) < 4.78 is 5.06. The van der Waals surface area contributed by atoms with Crippen LogP contribution in [-0.4, -0.2) is 24.1 Å². The molecule has 0 aliphatic heterocycles. The normalized spacial score (nSPS) is 28.6. The Bertz CT molecular complexity index is 658. The quantitative estimate of drug-likeness (QED) is 0.836. The molecule has 0 unspecified atom stereocenters. The van der Waals surface area contributed by atoms with Gasteiger partial charge in [0.15, 0.2) is 0 Å². The predicted molar refractivity (Wildman–Crippen MR) is 82.0 cm³/mol. The zero-order chi connectivity index (χ0) is 15.9. The van der Waals surface area contributed by atoms with Gasteiger partial charge < -0.3 is 15.2 Å². The van der Waals surface area contributed by atoms with E-state index in [1.807, 2.05) is 12.2 Å². The van der Waals surface area contributed by atoms with Crippen molar-refractivity contribution in [3.8, 4) is 5.75 Å². The molecular weight excluding hydrogens is 306 g/mol. The molecule has 6 heteroatoms. The number of carboxylic acid groups (broad SMARTS) is 1. The van der Waals surface area contributed by atoms with E-state index >= 15 is 0 Å². The van der Waals surface area contributed by atoms with Crippen LogP contribution < -0.4 is 10.1 Å². The number of nitrogens with one attached hydrogen (secondary N) is 1. The lowest BCUT2D eigenvalue weighted by molar-refractivity contribution is -0.146. The minimum atomic E-state index is -0.912. The number of methoxy groups -OCH3 is 1. The Hall–Kier alpha value is -2.01. The van der Waals surface area contributed by atoms with Crippen LogP contribution in [0.2, 0.25) is 5.02 Å². The lowest BCUT2D eigenvalue weighted by atomic mass is 9.82. The van der Waals surface area contributed by atoms with E-state index < -0.39 is 17.8 Å². The smallest absolute Gasteiger partial charge is 0.307 e. The van der Waals surface area contributed by atoms with Crippen molar-refractivity contribution in [3.05, 3.63) is 35.4 Å². The second kappa shape index (κ2) is 5.65. The van der Waals surface area contributed by atoms with E-state index in [1.54, 1.807) is 18.2 Å². The summed E-state index contributed by atoms with van der Waals surface area (Å²) >= 11 is 6.03. The summed E-state index contributed by atoms with van der Waals surface area (Å²) in [6.07, 6.45) is 4.60. The van der Waals surface area contributed by atoms with Crippen molar-refractivity contribution in [3.63, 3.8) is 0 Å². The van der Waals surface area contributed by atoms with Crippen molar-refractivity contribution in [1.29, 1.82) is 0 Å². The average molecular weight is 322 g/mol. The van der Waals surface area contributed by atoms with Gasteiger partial charge in [-0.15, -0.1) is 0 Å². The highest BCUT2D eigenvalue weighted by atomic mass is 35.5. The van der Waals surface area contributed by atoms with E-state index in [1.165, 1.54) is 7.11 Å². The zero-order valence-electron chi connectivity index (χ0n) is 12.0. The Morgan fingerprint density at radius 2 is 1.95 bits per heavy atom. The van der Waals surface area contributed by atoms with Gasteiger partial charge in [-0.1, -0.05) is 23.8 Å². The molecular formula is C16H16ClNO4. The molecule has 0 heterocycles. The summed E-state index contributed by atoms with van der Waals surface area (Å²) in [6, 6.07) is 4.94. The molecule has 1 fully saturated rings. The number of rotatable bonds is 4. The zero-order valence-corrected chi connectivity index (χ0v) is 12.7. The monoisotopic (exact) mass is 321 g/mol. The molecule has 1 aromatic carbocycles. The number of hydrogen-bond donors (Lipinski definition) is 2. The van der Waals surface area contributed by atoms with Crippen molar-refractivity contribution in [2.24, 2.45) is 23.7 Å². The number of allylic oxidation sites excluding steroid dienone is 2. The fourth-order valence-corrected chi connectivity index (χ4v) is 3.74. The van der Waals surface area contributed by atoms with Crippen LogP contribution in [0.4, 0.5) is 5.69 Å². The van der Waals surface area contributed by atoms with Gasteiger partial charge in [0.1, 0.15) is 5.75 Å². The van der Waals surface area contributed by atoms with Crippen LogP contribution in [0.3, 0.4) is 0 Å². The summed E-state index contributed by atoms with van der Waals surface area (Å²) in [5.41, 5.74) is 0.534. The summed E-state index contributed by atoms with van der Waals surface area (Å²) in [4.78, 5) is 23.9. The molecule has 1 saturated carbocycles. The fraction of sp³-hybridized carbons (Fsp3) is 0.375. The van der Waals surface area contributed by atoms with E-state index in [0.29, 0.717) is 16.5 Å². The Balaban J connectivity index is 1.78. The average Bonchev–Trinajstić information content (AvgIpc) is 3.07. The second-order valence-electron chi connectivity index (χ2n) is 5.68. The Morgan fingerprint density at radius 3 is 2.55 bits per heavy atom. The highest BCUT2D eigenvalue weighted by molar-refractivity contribution is 6.32. The predicted octanol–water partition coefficient (Wildman–Crippen LogP) is 2.81. The minimum Gasteiger partial charge on any atom is -0.495 e. The SMILES string of the molecule is COc1ccc(NC(=O)[C@H]2[C@@H](C(=O)O)[C@H]3C=C[C@H]2C3)cc1Cl. The molecule has 0 spiro atoms. The van der Waals surface area contributed by atoms with Gasteiger partial charge in [0.2, 0.25) is 5.91 Å². The van der Waals surface area contributed by atoms with Crippen molar-refractivity contribution < 1.29 is 19.4 Å². The summed E-state index contributed by atoms with van der Waals surface area (Å²) in [6.45, 7) is 0. The molecule has 0 aromatic heterocycles. The first-order valence-electron chi connectivity index (χ1n) is 7.07. The number of aliphatic carboxylic acids is 1. The first-order valence-corrected chi connectivity index (χ1v) is 7.44. The number of amides is 1. The maximum absolute atomic E-state index is 12.5. The highest BCUT2D eigenvalue weighted by Gasteiger charge is 2.51. The molecule has 2 N–H and O–H groups in total. The first kappa shape index (κ1) is 14.9. The van der Waals surface area contributed by atoms with Crippen LogP contribution in [0.1, 0.15) is 6.42 Å². The number of carbonyl (C=O) groups excluding carboxylic acids is 1. The van der Waals surface area contributed by atoms with E-state index in [-0.39, 0.29) is 17.7 Å². The molecule has 3 rings (SSSR count). The third-order valence-electron chi connectivity index (χ3n) is 4.47. The maximum Gasteiger partial charge on any atom is 0.307 e. The summed E-state index contributed by atoms with van der Waals surface area (Å²) in [7, 11) is 1.51. The Kier molecular flexibility index (Phi) is 3.83. The van der Waals surface area contributed by atoms with Crippen LogP contribution >= 0.6 is 11.6 Å². The Labute approximate surface area is 132 Å². The van der Waals surface area contributed by atoms with Crippen LogP contribution in [-0.2, 0) is 9.59 Å². The van der Waals surface area contributed by atoms with E-state index in [2.05, 4.69) is 5.32 Å². The Morgan fingerprint density at radius 1 is 1.27 bits per heavy atom. The lowest BCUT2D eigenvalue weighted by Crippen LogP contribution is -2.36. The highest BCUT2D eigenvalue weighted by Crippen LogP contribution is 2.48. The van der Waals surface area contributed by atoms with Gasteiger partial charge in [0.05, 0.1) is 24.0 Å². The van der Waals surface area contributed by atoms with Crippen LogP contribution in [0.15, 0.2) is 30.4 Å². The lowest BCUT2D eigenvalue weighted by Gasteiger charge is -2.24. The van der Waals surface area contributed by atoms with Gasteiger partial charge in [-0.05, 0) is 36.5 Å². The van der Waals surface area contributed by atoms with Crippen LogP contribution in [0.5, 0.6) is 5.75 Å². The van der Waals surface area contributed by atoms with E-state index in [0.717, 1.165) is 6.42 Å². The van der Waals surface area contributed by atoms with Gasteiger partial charge >= 0.3 is 5.97 Å². The standard InChI is InChI=1S/C16H16ClNO4/c1-22-12-5-4-10(7-11(12)17)18-15(19)13-8-2-3-9(6-8)14(13)16(20)21/h2-5,7-9,13-14H,6H2,1H3,(H,18,19)(H,20,21)/t8-,9-,13+,14-/m0/s1. The number of halogens is 1. The summed E-state index contributed by atoms with van der Waals surface area (Å²) in [5, 5.41) is 12.5. The van der Waals surface area contributed by atoms with Crippen molar-refractivity contribution in [2.45, 2.75) is 6.42 Å². The van der Waals surface area contributed by atoms with Crippen molar-refractivity contribution >= 4 is 29.2 Å². The third-order valence-corrected chi connectivity index (χ3v) is 4.76. The minimum absolute atomic E-state index is 0.000166. The number of hydrogen-bond acceptors (Lipinski definition) is 3. The number of carboxylic acids is 1. The van der Waals surface area contributed by atoms with Gasteiger partial charge in [0, 0.05) is 5.69 Å². The van der Waals surface area contributed by atoms with Gasteiger partial charge in [-0.25, -0.2) is 0 Å². The van der Waals surface area contributed by atoms with Gasteiger partial charge in [0.25, 0.3) is 0 Å². The van der Waals surface area contributed by atoms with Gasteiger partial charge in [-0.2, -0.15) is 0 Å². The van der Waals surface area contributed by atoms with Crippen LogP contribution in [0, 0.1) is 23.7 Å². The van der Waals surface area contributed by atoms with E-state index in [9.17, 15) is 14.7 Å². The molecule has 0 saturated heterocycles. The van der Waals surface area contributed by atoms with Crippen molar-refractivity contribution in [2.75, 3.05) is 12.4 Å². The van der Waals surface area contributed by atoms with Crippen molar-refractivity contribution in [1.82, 2.24) is 0 Å². The molecule has 4 atom stereocenters. The molecule has 0 radical (unpaired) electrons. The molecule has 2 aliphatic rings. The van der Waals surface area contributed by atoms with Gasteiger partial charge in [-0.3, -0.25) is 9.59 Å². The topological polar surface area (TPSA) is 75.6 Å². The molecule has 22 heavy (non-hydrogen) atoms. The molecule has 2 bridgehead atoms. The number of fused-ring (bicyclic) bond motifs is 2. The maximum atomic E-state index is 12.5. The molecule has 5 nitrogen and oxygen atoms in total. The fourth-order valence-electron chi connectivity index (χ4n) is 3.49. The largest absolute Gasteiger partial charge is 0.495 e.